The maximum atomic E-state index is 12.6. The van der Waals surface area contributed by atoms with Crippen molar-refractivity contribution in [2.24, 2.45) is 0 Å². The molecule has 0 bridgehead atoms. The summed E-state index contributed by atoms with van der Waals surface area (Å²) in [7, 11) is -4.86. The number of phosphoric acid groups is 1. The summed E-state index contributed by atoms with van der Waals surface area (Å²) in [6, 6.07) is 0. The maximum Gasteiger partial charge on any atom is 1.00 e. The van der Waals surface area contributed by atoms with Crippen LogP contribution < -0.4 is 34.5 Å². The second-order valence-electron chi connectivity index (χ2n) is 15.1. The minimum absolute atomic E-state index is 0. The van der Waals surface area contributed by atoms with E-state index < -0.39 is 51.8 Å². The van der Waals surface area contributed by atoms with Gasteiger partial charge in [0.1, 0.15) is 12.7 Å². The molecular formula is C42H82NaO10P. The number of carbonyl (C=O) groups excluding carboxylic acids is 2. The Morgan fingerprint density at radius 2 is 0.833 bits per heavy atom. The molecule has 0 fully saturated rings. The number of ether oxygens (including phenoxy) is 2. The van der Waals surface area contributed by atoms with Gasteiger partial charge in [-0.2, -0.15) is 0 Å². The molecule has 0 saturated heterocycles. The van der Waals surface area contributed by atoms with Crippen LogP contribution >= 0.6 is 7.82 Å². The number of phosphoric ester groups is 1. The smallest absolute Gasteiger partial charge is 0.756 e. The van der Waals surface area contributed by atoms with Crippen molar-refractivity contribution in [3.05, 3.63) is 0 Å². The average Bonchev–Trinajstić information content (AvgIpc) is 3.14. The molecule has 0 aromatic carbocycles. The Morgan fingerprint density at radius 3 is 1.19 bits per heavy atom. The van der Waals surface area contributed by atoms with Crippen molar-refractivity contribution in [3.8, 4) is 0 Å². The summed E-state index contributed by atoms with van der Waals surface area (Å²) in [6.45, 7) is 2.24. The molecule has 12 heteroatoms. The Hall–Kier alpha value is -0.0300. The van der Waals surface area contributed by atoms with E-state index in [0.29, 0.717) is 12.8 Å². The first-order chi connectivity index (χ1) is 25.7. The van der Waals surface area contributed by atoms with Gasteiger partial charge in [-0.25, -0.2) is 0 Å². The summed E-state index contributed by atoms with van der Waals surface area (Å²) in [4.78, 5) is 37.1. The van der Waals surface area contributed by atoms with Gasteiger partial charge in [0.15, 0.2) is 6.10 Å². The first-order valence-electron chi connectivity index (χ1n) is 22.0. The molecule has 0 aromatic heterocycles. The molecule has 0 aliphatic rings. The molecule has 316 valence electrons. The van der Waals surface area contributed by atoms with E-state index in [1.165, 1.54) is 141 Å². The van der Waals surface area contributed by atoms with E-state index in [9.17, 15) is 24.2 Å². The fraction of sp³-hybridized carbons (Fsp3) is 0.952. The van der Waals surface area contributed by atoms with Gasteiger partial charge >= 0.3 is 41.5 Å². The van der Waals surface area contributed by atoms with Gasteiger partial charge in [-0.05, 0) is 12.8 Å². The van der Waals surface area contributed by atoms with Crippen LogP contribution in [0.2, 0.25) is 0 Å². The third-order valence-electron chi connectivity index (χ3n) is 9.75. The fourth-order valence-corrected chi connectivity index (χ4v) is 7.12. The number of carbonyl (C=O) groups is 2. The second-order valence-corrected chi connectivity index (χ2v) is 16.5. The van der Waals surface area contributed by atoms with Crippen LogP contribution in [0.3, 0.4) is 0 Å². The number of esters is 2. The molecule has 0 aliphatic carbocycles. The fourth-order valence-electron chi connectivity index (χ4n) is 6.34. The Bertz CT molecular complexity index is 865. The van der Waals surface area contributed by atoms with Crippen molar-refractivity contribution in [1.29, 1.82) is 0 Å². The van der Waals surface area contributed by atoms with Crippen molar-refractivity contribution in [1.82, 2.24) is 0 Å². The summed E-state index contributed by atoms with van der Waals surface area (Å²) in [6.07, 6.45) is 34.7. The van der Waals surface area contributed by atoms with Crippen molar-refractivity contribution in [2.75, 3.05) is 26.4 Å². The third-order valence-corrected chi connectivity index (χ3v) is 10.7. The van der Waals surface area contributed by atoms with Crippen molar-refractivity contribution < 1.29 is 77.3 Å². The standard InChI is InChI=1S/C42H83O10P.Na/c1-3-5-7-9-11-13-15-17-19-21-23-25-27-29-31-33-41(45)49-37-40(38-51-53(47,48)50-36-39(44)35-43)52-42(46)34-32-30-28-26-24-22-20-18-16-14-12-10-8-6-4-2;/h39-40,43-44H,3-38H2,1-2H3,(H,47,48);/q;+1/p-1. The molecule has 0 aliphatic heterocycles. The van der Waals surface area contributed by atoms with Gasteiger partial charge in [0.25, 0.3) is 7.82 Å². The Labute approximate surface area is 353 Å². The average molecular weight is 801 g/mol. The van der Waals surface area contributed by atoms with Crippen LogP contribution in [0.25, 0.3) is 0 Å². The second kappa shape index (κ2) is 42.6. The van der Waals surface area contributed by atoms with E-state index in [1.807, 2.05) is 0 Å². The van der Waals surface area contributed by atoms with Crippen LogP contribution in [0.15, 0.2) is 0 Å². The Morgan fingerprint density at radius 1 is 0.519 bits per heavy atom. The van der Waals surface area contributed by atoms with Crippen molar-refractivity contribution >= 4 is 19.8 Å². The number of hydrogen-bond donors (Lipinski definition) is 2. The largest absolute Gasteiger partial charge is 1.00 e. The van der Waals surface area contributed by atoms with Gasteiger partial charge in [-0.3, -0.25) is 14.2 Å². The Kier molecular flexibility index (Phi) is 44.2. The van der Waals surface area contributed by atoms with Crippen molar-refractivity contribution in [3.63, 3.8) is 0 Å². The van der Waals surface area contributed by atoms with Crippen LogP contribution in [0, 0.1) is 0 Å². The van der Waals surface area contributed by atoms with Crippen LogP contribution in [-0.2, 0) is 32.7 Å². The number of unbranched alkanes of at least 4 members (excludes halogenated alkanes) is 28. The summed E-state index contributed by atoms with van der Waals surface area (Å²) < 4.78 is 32.3. The van der Waals surface area contributed by atoms with Gasteiger partial charge < -0.3 is 33.6 Å². The molecule has 0 radical (unpaired) electrons. The first kappa shape index (κ1) is 56.1. The van der Waals surface area contributed by atoms with E-state index in [0.717, 1.165) is 38.5 Å². The van der Waals surface area contributed by atoms with E-state index >= 15 is 0 Å². The quantitative estimate of drug-likeness (QED) is 0.0271. The van der Waals surface area contributed by atoms with Crippen LogP contribution in [0.5, 0.6) is 0 Å². The predicted molar refractivity (Wildman–Crippen MR) is 213 cm³/mol. The number of hydrogen-bond acceptors (Lipinski definition) is 10. The van der Waals surface area contributed by atoms with E-state index in [4.69, 9.17) is 19.1 Å². The monoisotopic (exact) mass is 801 g/mol. The molecule has 0 saturated carbocycles. The number of aliphatic hydroxyl groups is 2. The molecule has 0 spiro atoms. The van der Waals surface area contributed by atoms with Gasteiger partial charge in [0, 0.05) is 12.8 Å². The molecule has 3 unspecified atom stereocenters. The predicted octanol–water partition coefficient (Wildman–Crippen LogP) is 7.82. The van der Waals surface area contributed by atoms with E-state index in [2.05, 4.69) is 18.4 Å². The summed E-state index contributed by atoms with van der Waals surface area (Å²) in [5.74, 6) is -0.945. The maximum absolute atomic E-state index is 12.6. The summed E-state index contributed by atoms with van der Waals surface area (Å²) in [5.41, 5.74) is 0. The minimum Gasteiger partial charge on any atom is -0.756 e. The molecule has 0 rings (SSSR count). The van der Waals surface area contributed by atoms with E-state index in [1.54, 1.807) is 0 Å². The molecule has 0 aromatic rings. The molecule has 0 heterocycles. The molecule has 2 N–H and O–H groups in total. The van der Waals surface area contributed by atoms with Gasteiger partial charge in [0.2, 0.25) is 0 Å². The van der Waals surface area contributed by atoms with Gasteiger partial charge in [0.05, 0.1) is 19.8 Å². The third kappa shape index (κ3) is 41.6. The van der Waals surface area contributed by atoms with Crippen LogP contribution in [0.4, 0.5) is 0 Å². The molecule has 0 amide bonds. The van der Waals surface area contributed by atoms with Gasteiger partial charge in [-0.1, -0.05) is 194 Å². The van der Waals surface area contributed by atoms with Crippen molar-refractivity contribution in [2.45, 2.75) is 232 Å². The summed E-state index contributed by atoms with van der Waals surface area (Å²) >= 11 is 0. The molecular weight excluding hydrogens is 718 g/mol. The van der Waals surface area contributed by atoms with Crippen LogP contribution in [-0.4, -0.2) is 60.8 Å². The molecule has 3 atom stereocenters. The van der Waals surface area contributed by atoms with Gasteiger partial charge in [-0.15, -0.1) is 0 Å². The minimum atomic E-state index is -4.86. The zero-order valence-corrected chi connectivity index (χ0v) is 38.1. The number of rotatable bonds is 42. The topological polar surface area (TPSA) is 152 Å². The zero-order valence-electron chi connectivity index (χ0n) is 35.2. The summed E-state index contributed by atoms with van der Waals surface area (Å²) in [5, 5.41) is 18.3. The molecule has 54 heavy (non-hydrogen) atoms. The normalized spacial score (nSPS) is 13.6. The number of aliphatic hydroxyl groups excluding tert-OH is 2. The zero-order chi connectivity index (χ0) is 39.1. The van der Waals surface area contributed by atoms with Crippen LogP contribution in [0.1, 0.15) is 219 Å². The van der Waals surface area contributed by atoms with E-state index in [-0.39, 0.29) is 49.0 Å². The SMILES string of the molecule is CCCCCCCCCCCCCCCCCC(=O)OCC(COP(=O)([O-])OCC(O)CO)OC(=O)CCCCCCCCCCCCCCCCC.[Na+]. The first-order valence-corrected chi connectivity index (χ1v) is 23.4. The Balaban J connectivity index is 0. The molecule has 10 nitrogen and oxygen atoms in total.